The van der Waals surface area contributed by atoms with Crippen molar-refractivity contribution in [2.75, 3.05) is 26.9 Å². The number of rotatable bonds is 8. The van der Waals surface area contributed by atoms with Gasteiger partial charge in [0.05, 0.1) is 44.8 Å². The molecule has 1 aromatic heterocycles. The number of carbonyl (C=O) groups excluding carboxylic acids is 2. The summed E-state index contributed by atoms with van der Waals surface area (Å²) in [5.74, 6) is -1.27. The third kappa shape index (κ3) is 6.46. The van der Waals surface area contributed by atoms with Crippen LogP contribution in [-0.2, 0) is 29.1 Å². The molecule has 2 aliphatic heterocycles. The summed E-state index contributed by atoms with van der Waals surface area (Å²) in [5, 5.41) is 2.65. The van der Waals surface area contributed by atoms with E-state index in [2.05, 4.69) is 15.3 Å². The number of nitrogens with zero attached hydrogens (tertiary/aromatic N) is 2. The quantitative estimate of drug-likeness (QED) is 0.206. The van der Waals surface area contributed by atoms with Crippen molar-refractivity contribution in [2.45, 2.75) is 81.2 Å². The molecule has 2 aromatic carbocycles. The fraction of sp³-hybridized carbons (Fsp3) is 0.514. The molecule has 16 heteroatoms. The van der Waals surface area contributed by atoms with E-state index in [1.165, 1.54) is 13.2 Å². The lowest BCUT2D eigenvalue weighted by molar-refractivity contribution is -0.153. The zero-order valence-corrected chi connectivity index (χ0v) is 29.1. The zero-order valence-electron chi connectivity index (χ0n) is 28.3. The molecule has 3 aromatic rings. The summed E-state index contributed by atoms with van der Waals surface area (Å²) >= 11 is 0. The Morgan fingerprint density at radius 3 is 2.24 bits per heavy atom. The van der Waals surface area contributed by atoms with Crippen LogP contribution in [0, 0.1) is 5.92 Å². The van der Waals surface area contributed by atoms with E-state index in [1.807, 2.05) is 38.1 Å². The molecule has 0 radical (unpaired) electrons. The fourth-order valence-corrected chi connectivity index (χ4v) is 8.50. The Kier molecular flexibility index (Phi) is 9.07. The number of nitrogens with one attached hydrogen (secondary N) is 2. The molecule has 3 fully saturated rings. The lowest BCUT2D eigenvalue weighted by Gasteiger charge is -2.40. The van der Waals surface area contributed by atoms with Gasteiger partial charge in [0, 0.05) is 12.0 Å². The highest BCUT2D eigenvalue weighted by Crippen LogP contribution is 2.55. The summed E-state index contributed by atoms with van der Waals surface area (Å²) in [6.07, 6.45) is 4.55. The van der Waals surface area contributed by atoms with Gasteiger partial charge in [-0.2, -0.15) is 21.6 Å². The number of ether oxygens (including phenoxy) is 3. The Balaban J connectivity index is 1.17. The Labute approximate surface area is 293 Å². The maximum atomic E-state index is 13.9. The lowest BCUT2D eigenvalue weighted by Crippen LogP contribution is -2.52. The van der Waals surface area contributed by atoms with Crippen molar-refractivity contribution in [2.24, 2.45) is 5.92 Å². The van der Waals surface area contributed by atoms with Crippen LogP contribution in [0.25, 0.3) is 22.4 Å². The van der Waals surface area contributed by atoms with Gasteiger partial charge in [-0.25, -0.2) is 9.78 Å². The molecule has 5 aliphatic rings. The Bertz CT molecular complexity index is 1920. The molecule has 2 bridgehead atoms. The molecule has 51 heavy (non-hydrogen) atoms. The number of aromatic amines is 1. The number of alkyl carbamates (subject to hydrolysis) is 1. The van der Waals surface area contributed by atoms with Crippen molar-refractivity contribution < 1.29 is 49.6 Å². The van der Waals surface area contributed by atoms with Crippen LogP contribution in [0.1, 0.15) is 80.8 Å². The molecule has 2 atom stereocenters. The Morgan fingerprint density at radius 1 is 1.00 bits per heavy atom. The van der Waals surface area contributed by atoms with E-state index in [-0.39, 0.29) is 36.0 Å². The molecule has 274 valence electrons. The number of imidazole rings is 1. The van der Waals surface area contributed by atoms with Gasteiger partial charge in [0.2, 0.25) is 5.91 Å². The third-order valence-corrected chi connectivity index (χ3v) is 11.4. The van der Waals surface area contributed by atoms with Crippen LogP contribution >= 0.6 is 0 Å². The number of hydrogen-bond acceptors (Lipinski definition) is 9. The Hall–Kier alpha value is -4.15. The van der Waals surface area contributed by atoms with Crippen molar-refractivity contribution in [3.63, 3.8) is 0 Å². The highest BCUT2D eigenvalue weighted by molar-refractivity contribution is 7.88. The average molecular weight is 733 g/mol. The van der Waals surface area contributed by atoms with Crippen LogP contribution in [0.4, 0.5) is 18.0 Å². The van der Waals surface area contributed by atoms with Crippen LogP contribution in [0.5, 0.6) is 5.75 Å². The van der Waals surface area contributed by atoms with Gasteiger partial charge in [0.25, 0.3) is 0 Å². The fourth-order valence-electron chi connectivity index (χ4n) is 8.02. The first-order chi connectivity index (χ1) is 24.2. The van der Waals surface area contributed by atoms with Gasteiger partial charge in [0.1, 0.15) is 17.6 Å². The van der Waals surface area contributed by atoms with Crippen molar-refractivity contribution in [1.29, 1.82) is 0 Å². The van der Waals surface area contributed by atoms with Crippen molar-refractivity contribution >= 4 is 22.1 Å². The van der Waals surface area contributed by atoms with E-state index >= 15 is 0 Å². The van der Waals surface area contributed by atoms with Gasteiger partial charge in [-0.1, -0.05) is 44.2 Å². The van der Waals surface area contributed by atoms with E-state index in [1.54, 1.807) is 17.2 Å². The summed E-state index contributed by atoms with van der Waals surface area (Å²) in [6.45, 7) is 4.61. The van der Waals surface area contributed by atoms with E-state index in [4.69, 9.17) is 18.4 Å². The first-order valence-corrected chi connectivity index (χ1v) is 18.4. The minimum atomic E-state index is -5.82. The smallest absolute Gasteiger partial charge is 0.453 e. The second kappa shape index (κ2) is 13.1. The van der Waals surface area contributed by atoms with E-state index in [0.717, 1.165) is 47.9 Å². The van der Waals surface area contributed by atoms with E-state index in [0.29, 0.717) is 36.7 Å². The number of carbonyl (C=O) groups is 2. The molecule has 3 heterocycles. The van der Waals surface area contributed by atoms with Crippen LogP contribution < -0.4 is 9.50 Å². The number of fused-ring (bicyclic) bond motifs is 2. The van der Waals surface area contributed by atoms with Gasteiger partial charge in [-0.15, -0.1) is 0 Å². The van der Waals surface area contributed by atoms with Crippen molar-refractivity contribution in [3.8, 4) is 28.1 Å². The standard InChI is InChI=1S/C35H39F3N4O8S/c1-19(2)30(41-33(44)47-3)32(43)42-18-34(48-14-15-49-34)16-26(42)31-39-17-25(40-31)21-6-4-20(5-7-21)24-12-13-27(50-51(45,46)35(36,37)38)29-23-10-8-22(9-11-23)28(24)29/h4-7,12-13,17,19,22-23,26,30H,8-11,14-16,18H2,1-3H3,(H,39,40)(H,41,44)/t22?,23?,26-,30-/m0/s1. The van der Waals surface area contributed by atoms with Crippen LogP contribution in [0.3, 0.4) is 0 Å². The number of amides is 2. The summed E-state index contributed by atoms with van der Waals surface area (Å²) in [6, 6.07) is 9.20. The molecule has 3 aliphatic carbocycles. The second-order valence-electron chi connectivity index (χ2n) is 13.9. The first-order valence-electron chi connectivity index (χ1n) is 17.0. The second-order valence-corrected chi connectivity index (χ2v) is 15.4. The summed E-state index contributed by atoms with van der Waals surface area (Å²) in [7, 11) is -4.58. The summed E-state index contributed by atoms with van der Waals surface area (Å²) < 4.78 is 84.9. The molecule has 0 unspecified atom stereocenters. The normalized spacial score (nSPS) is 23.0. The molecule has 2 amide bonds. The molecule has 1 saturated carbocycles. The van der Waals surface area contributed by atoms with Crippen LogP contribution in [0.15, 0.2) is 42.6 Å². The maximum Gasteiger partial charge on any atom is 0.534 e. The molecule has 2 N–H and O–H groups in total. The number of aromatic nitrogens is 2. The number of alkyl halides is 3. The predicted octanol–water partition coefficient (Wildman–Crippen LogP) is 6.12. The number of hydrogen-bond donors (Lipinski definition) is 2. The van der Waals surface area contributed by atoms with Crippen LogP contribution in [-0.4, -0.2) is 79.5 Å². The summed E-state index contributed by atoms with van der Waals surface area (Å²) in [5.41, 5.74) is -0.982. The number of halogens is 3. The molecule has 2 saturated heterocycles. The average Bonchev–Trinajstić information content (AvgIpc) is 3.87. The van der Waals surface area contributed by atoms with Gasteiger partial charge in [-0.3, -0.25) is 4.79 Å². The third-order valence-electron chi connectivity index (χ3n) is 10.5. The largest absolute Gasteiger partial charge is 0.534 e. The lowest BCUT2D eigenvalue weighted by atomic mass is 9.65. The van der Waals surface area contributed by atoms with E-state index in [9.17, 15) is 31.2 Å². The number of likely N-dealkylation sites (tertiary alicyclic amines) is 1. The number of H-pyrrole nitrogens is 1. The van der Waals surface area contributed by atoms with Crippen molar-refractivity contribution in [1.82, 2.24) is 20.2 Å². The molecular formula is C35H39F3N4O8S. The molecular weight excluding hydrogens is 693 g/mol. The van der Waals surface area contributed by atoms with Crippen molar-refractivity contribution in [3.05, 3.63) is 59.5 Å². The minimum Gasteiger partial charge on any atom is -0.453 e. The molecule has 1 spiro atoms. The predicted molar refractivity (Wildman–Crippen MR) is 177 cm³/mol. The SMILES string of the molecule is COC(=O)N[C@H](C(=O)N1CC2(C[C@H]1c1ncc(-c3ccc(-c4ccc(OS(=O)(=O)C(F)(F)F)c5c4C4CCC5CC4)cc3)[nH]1)OCCO2)C(C)C. The van der Waals surface area contributed by atoms with Gasteiger partial charge >= 0.3 is 21.7 Å². The highest BCUT2D eigenvalue weighted by atomic mass is 32.2. The summed E-state index contributed by atoms with van der Waals surface area (Å²) in [4.78, 5) is 35.6. The maximum absolute atomic E-state index is 13.9. The topological polar surface area (TPSA) is 149 Å². The first kappa shape index (κ1) is 35.3. The van der Waals surface area contributed by atoms with E-state index < -0.39 is 39.6 Å². The van der Waals surface area contributed by atoms with Crippen LogP contribution in [0.2, 0.25) is 0 Å². The number of methoxy groups -OCH3 is 1. The molecule has 8 rings (SSSR count). The Morgan fingerprint density at radius 2 is 1.63 bits per heavy atom. The highest BCUT2D eigenvalue weighted by Gasteiger charge is 2.53. The van der Waals surface area contributed by atoms with Gasteiger partial charge in [-0.05, 0) is 71.8 Å². The minimum absolute atomic E-state index is 0.0817. The van der Waals surface area contributed by atoms with Gasteiger partial charge < -0.3 is 33.6 Å². The molecule has 12 nitrogen and oxygen atoms in total. The monoisotopic (exact) mass is 732 g/mol. The van der Waals surface area contributed by atoms with Gasteiger partial charge in [0.15, 0.2) is 5.79 Å². The zero-order chi connectivity index (χ0) is 36.3. The number of benzene rings is 2.